The second-order valence-electron chi connectivity index (χ2n) is 4.44. The minimum atomic E-state index is -4.36. The highest BCUT2D eigenvalue weighted by Crippen LogP contribution is 2.39. The Morgan fingerprint density at radius 2 is 2.11 bits per heavy atom. The van der Waals surface area contributed by atoms with Crippen molar-refractivity contribution >= 4 is 5.82 Å². The molecular formula is C12H16F3N3. The molecule has 100 valence electrons. The van der Waals surface area contributed by atoms with Crippen LogP contribution in [-0.2, 0) is 6.18 Å². The van der Waals surface area contributed by atoms with Crippen LogP contribution in [0.1, 0.15) is 24.8 Å². The molecule has 1 aliphatic carbocycles. The molecule has 1 aliphatic rings. The fourth-order valence-electron chi connectivity index (χ4n) is 1.96. The van der Waals surface area contributed by atoms with Gasteiger partial charge in [-0.3, -0.25) is 0 Å². The first kappa shape index (κ1) is 13.1. The van der Waals surface area contributed by atoms with E-state index in [2.05, 4.69) is 4.98 Å². The number of nitrogens with zero attached hydrogens (tertiary/aromatic N) is 2. The minimum absolute atomic E-state index is 0.0425. The van der Waals surface area contributed by atoms with Crippen molar-refractivity contribution in [1.29, 1.82) is 0 Å². The highest BCUT2D eigenvalue weighted by Gasteiger charge is 2.38. The van der Waals surface area contributed by atoms with E-state index in [1.807, 2.05) is 0 Å². The maximum absolute atomic E-state index is 12.9. The van der Waals surface area contributed by atoms with Gasteiger partial charge in [-0.1, -0.05) is 0 Å². The molecular weight excluding hydrogens is 243 g/mol. The van der Waals surface area contributed by atoms with Crippen molar-refractivity contribution in [3.8, 4) is 0 Å². The molecule has 0 saturated heterocycles. The summed E-state index contributed by atoms with van der Waals surface area (Å²) in [4.78, 5) is 5.67. The zero-order valence-electron chi connectivity index (χ0n) is 9.95. The van der Waals surface area contributed by atoms with Crippen LogP contribution in [0, 0.1) is 0 Å². The summed E-state index contributed by atoms with van der Waals surface area (Å²) in [5, 5.41) is 0. The molecule has 0 unspecified atom stereocenters. The first-order valence-electron chi connectivity index (χ1n) is 6.03. The lowest BCUT2D eigenvalue weighted by molar-refractivity contribution is -0.137. The Bertz CT molecular complexity index is 402. The van der Waals surface area contributed by atoms with E-state index < -0.39 is 11.7 Å². The number of aromatic nitrogens is 1. The smallest absolute Gasteiger partial charge is 0.353 e. The van der Waals surface area contributed by atoms with Gasteiger partial charge in [-0.15, -0.1) is 0 Å². The fourth-order valence-corrected chi connectivity index (χ4v) is 1.96. The Labute approximate surface area is 104 Å². The predicted octanol–water partition coefficient (Wildman–Crippen LogP) is 2.42. The van der Waals surface area contributed by atoms with Crippen LogP contribution in [-0.4, -0.2) is 24.1 Å². The van der Waals surface area contributed by atoms with Crippen LogP contribution < -0.4 is 10.6 Å². The predicted molar refractivity (Wildman–Crippen MR) is 63.3 cm³/mol. The van der Waals surface area contributed by atoms with Crippen LogP contribution in [0.4, 0.5) is 19.0 Å². The number of hydrogen-bond acceptors (Lipinski definition) is 3. The molecule has 6 heteroatoms. The molecule has 0 aromatic carbocycles. The summed E-state index contributed by atoms with van der Waals surface area (Å²) >= 11 is 0. The van der Waals surface area contributed by atoms with Gasteiger partial charge < -0.3 is 10.6 Å². The van der Waals surface area contributed by atoms with Crippen molar-refractivity contribution < 1.29 is 13.2 Å². The third kappa shape index (κ3) is 2.93. The van der Waals surface area contributed by atoms with Crippen LogP contribution in [0.3, 0.4) is 0 Å². The summed E-state index contributed by atoms with van der Waals surface area (Å²) in [6, 6.07) is 2.59. The number of nitrogens with two attached hydrogens (primary N) is 1. The standard InChI is InChI=1S/C12H16F3N3/c13-12(14,15)10-3-1-7-17-11(10)18(8-2-6-16)9-4-5-9/h1,3,7,9H,2,4-6,8,16H2. The number of pyridine rings is 1. The quantitative estimate of drug-likeness (QED) is 0.883. The lowest BCUT2D eigenvalue weighted by atomic mass is 10.2. The summed E-state index contributed by atoms with van der Waals surface area (Å²) in [5.74, 6) is 0.0425. The molecule has 2 rings (SSSR count). The van der Waals surface area contributed by atoms with Crippen molar-refractivity contribution in [2.24, 2.45) is 5.73 Å². The van der Waals surface area contributed by atoms with Gasteiger partial charge >= 0.3 is 6.18 Å². The maximum atomic E-state index is 12.9. The summed E-state index contributed by atoms with van der Waals surface area (Å²) in [5.41, 5.74) is 4.77. The van der Waals surface area contributed by atoms with Gasteiger partial charge in [-0.05, 0) is 37.9 Å². The normalized spacial score (nSPS) is 15.8. The van der Waals surface area contributed by atoms with Gasteiger partial charge in [0, 0.05) is 18.8 Å². The molecule has 0 amide bonds. The summed E-state index contributed by atoms with van der Waals surface area (Å²) in [6.07, 6.45) is -0.427. The summed E-state index contributed by atoms with van der Waals surface area (Å²) in [7, 11) is 0. The van der Waals surface area contributed by atoms with Gasteiger partial charge in [0.05, 0.1) is 5.56 Å². The Balaban J connectivity index is 2.29. The average Bonchev–Trinajstić information content (AvgIpc) is 3.13. The van der Waals surface area contributed by atoms with E-state index in [0.29, 0.717) is 19.5 Å². The number of halogens is 3. The summed E-state index contributed by atoms with van der Waals surface area (Å²) < 4.78 is 38.8. The molecule has 1 fully saturated rings. The highest BCUT2D eigenvalue weighted by molar-refractivity contribution is 5.50. The first-order chi connectivity index (χ1) is 8.54. The molecule has 1 heterocycles. The van der Waals surface area contributed by atoms with Gasteiger partial charge in [0.1, 0.15) is 5.82 Å². The van der Waals surface area contributed by atoms with Gasteiger partial charge in [0.2, 0.25) is 0 Å². The molecule has 3 nitrogen and oxygen atoms in total. The van der Waals surface area contributed by atoms with E-state index in [4.69, 9.17) is 5.73 Å². The van der Waals surface area contributed by atoms with Gasteiger partial charge in [-0.2, -0.15) is 13.2 Å². The van der Waals surface area contributed by atoms with Gasteiger partial charge in [0.25, 0.3) is 0 Å². The van der Waals surface area contributed by atoms with Crippen molar-refractivity contribution in [2.75, 3.05) is 18.0 Å². The lowest BCUT2D eigenvalue weighted by Crippen LogP contribution is -2.31. The SMILES string of the molecule is NCCCN(c1ncccc1C(F)(F)F)C1CC1. The molecule has 0 aliphatic heterocycles. The molecule has 18 heavy (non-hydrogen) atoms. The molecule has 1 aromatic rings. The monoisotopic (exact) mass is 259 g/mol. The van der Waals surface area contributed by atoms with E-state index >= 15 is 0 Å². The molecule has 1 aromatic heterocycles. The maximum Gasteiger partial charge on any atom is 0.419 e. The minimum Gasteiger partial charge on any atom is -0.353 e. The van der Waals surface area contributed by atoms with E-state index in [1.165, 1.54) is 12.3 Å². The zero-order valence-corrected chi connectivity index (χ0v) is 9.95. The van der Waals surface area contributed by atoms with Crippen LogP contribution in [0.2, 0.25) is 0 Å². The van der Waals surface area contributed by atoms with Crippen molar-refractivity contribution in [3.63, 3.8) is 0 Å². The Morgan fingerprint density at radius 3 is 2.67 bits per heavy atom. The van der Waals surface area contributed by atoms with Crippen LogP contribution in [0.25, 0.3) is 0 Å². The topological polar surface area (TPSA) is 42.1 Å². The van der Waals surface area contributed by atoms with E-state index in [-0.39, 0.29) is 11.9 Å². The molecule has 0 atom stereocenters. The van der Waals surface area contributed by atoms with Crippen LogP contribution >= 0.6 is 0 Å². The van der Waals surface area contributed by atoms with Crippen LogP contribution in [0.15, 0.2) is 18.3 Å². The summed E-state index contributed by atoms with van der Waals surface area (Å²) in [6.45, 7) is 0.999. The Hall–Kier alpha value is -1.30. The third-order valence-corrected chi connectivity index (χ3v) is 2.95. The number of alkyl halides is 3. The zero-order chi connectivity index (χ0) is 13.2. The molecule has 0 spiro atoms. The van der Waals surface area contributed by atoms with Crippen LogP contribution in [0.5, 0.6) is 0 Å². The van der Waals surface area contributed by atoms with E-state index in [1.54, 1.807) is 4.90 Å². The van der Waals surface area contributed by atoms with Crippen molar-refractivity contribution in [3.05, 3.63) is 23.9 Å². The largest absolute Gasteiger partial charge is 0.419 e. The van der Waals surface area contributed by atoms with E-state index in [0.717, 1.165) is 18.9 Å². The van der Waals surface area contributed by atoms with E-state index in [9.17, 15) is 13.2 Å². The second kappa shape index (κ2) is 5.14. The third-order valence-electron chi connectivity index (χ3n) is 2.95. The van der Waals surface area contributed by atoms with Crippen molar-refractivity contribution in [2.45, 2.75) is 31.5 Å². The Kier molecular flexibility index (Phi) is 3.75. The Morgan fingerprint density at radius 1 is 1.39 bits per heavy atom. The number of hydrogen-bond donors (Lipinski definition) is 1. The number of anilines is 1. The van der Waals surface area contributed by atoms with Crippen molar-refractivity contribution in [1.82, 2.24) is 4.98 Å². The molecule has 0 radical (unpaired) electrons. The lowest BCUT2D eigenvalue weighted by Gasteiger charge is -2.26. The molecule has 2 N–H and O–H groups in total. The average molecular weight is 259 g/mol. The fraction of sp³-hybridized carbons (Fsp3) is 0.583. The molecule has 1 saturated carbocycles. The van der Waals surface area contributed by atoms with Gasteiger partial charge in [-0.25, -0.2) is 4.98 Å². The molecule has 0 bridgehead atoms. The van der Waals surface area contributed by atoms with Gasteiger partial charge in [0.15, 0.2) is 0 Å². The first-order valence-corrected chi connectivity index (χ1v) is 6.03. The second-order valence-corrected chi connectivity index (χ2v) is 4.44. The highest BCUT2D eigenvalue weighted by atomic mass is 19.4. The number of rotatable bonds is 5.